The summed E-state index contributed by atoms with van der Waals surface area (Å²) in [6, 6.07) is 0. The van der Waals surface area contributed by atoms with Crippen LogP contribution in [0.4, 0.5) is 0 Å². The minimum Gasteiger partial charge on any atom is -0.316 e. The summed E-state index contributed by atoms with van der Waals surface area (Å²) in [6.07, 6.45) is 4.45. The smallest absolute Gasteiger partial charge is 0.00203 e. The van der Waals surface area contributed by atoms with Gasteiger partial charge in [0.25, 0.3) is 0 Å². The van der Waals surface area contributed by atoms with Crippen molar-refractivity contribution in [1.82, 2.24) is 5.32 Å². The number of hydrogen-bond acceptors (Lipinski definition) is 1. The average molecular weight is 125 g/mol. The highest BCUT2D eigenvalue weighted by Gasteiger charge is 2.41. The summed E-state index contributed by atoms with van der Waals surface area (Å²) in [6.45, 7) is 4.99. The molecule has 1 nitrogen and oxygen atoms in total. The van der Waals surface area contributed by atoms with Crippen molar-refractivity contribution in [2.45, 2.75) is 26.2 Å². The lowest BCUT2D eigenvalue weighted by molar-refractivity contribution is 0.171. The predicted octanol–water partition coefficient (Wildman–Crippen LogP) is 1.40. The lowest BCUT2D eigenvalue weighted by Gasteiger charge is -2.39. The van der Waals surface area contributed by atoms with E-state index in [9.17, 15) is 0 Å². The van der Waals surface area contributed by atoms with Gasteiger partial charge in [-0.05, 0) is 24.2 Å². The monoisotopic (exact) mass is 125 g/mol. The van der Waals surface area contributed by atoms with E-state index in [4.69, 9.17) is 0 Å². The number of hydrogen-bond donors (Lipinski definition) is 1. The Balaban J connectivity index is 1.99. The van der Waals surface area contributed by atoms with Crippen molar-refractivity contribution in [2.75, 3.05) is 13.1 Å². The van der Waals surface area contributed by atoms with Crippen LogP contribution < -0.4 is 5.32 Å². The van der Waals surface area contributed by atoms with Crippen molar-refractivity contribution in [1.29, 1.82) is 0 Å². The van der Waals surface area contributed by atoms with E-state index in [2.05, 4.69) is 12.2 Å². The van der Waals surface area contributed by atoms with Crippen molar-refractivity contribution >= 4 is 0 Å². The first-order valence-electron chi connectivity index (χ1n) is 4.02. The van der Waals surface area contributed by atoms with Gasteiger partial charge in [-0.1, -0.05) is 13.3 Å². The lowest BCUT2D eigenvalue weighted by atomic mass is 9.80. The van der Waals surface area contributed by atoms with Crippen molar-refractivity contribution in [3.05, 3.63) is 0 Å². The fourth-order valence-corrected chi connectivity index (χ4v) is 2.30. The second kappa shape index (κ2) is 1.72. The zero-order valence-corrected chi connectivity index (χ0v) is 6.11. The number of rotatable bonds is 0. The summed E-state index contributed by atoms with van der Waals surface area (Å²) < 4.78 is 0. The molecule has 1 unspecified atom stereocenters. The van der Waals surface area contributed by atoms with Gasteiger partial charge in [0, 0.05) is 13.1 Å². The Kier molecular flexibility index (Phi) is 1.10. The Hall–Kier alpha value is -0.0400. The average Bonchev–Trinajstić information content (AvgIpc) is 2.09. The van der Waals surface area contributed by atoms with E-state index in [1.54, 1.807) is 0 Å². The van der Waals surface area contributed by atoms with Crippen LogP contribution in [0.1, 0.15) is 26.2 Å². The molecule has 1 heteroatoms. The first kappa shape index (κ1) is 5.72. The van der Waals surface area contributed by atoms with Crippen molar-refractivity contribution < 1.29 is 0 Å². The molecule has 1 N–H and O–H groups in total. The molecule has 2 fully saturated rings. The summed E-state index contributed by atoms with van der Waals surface area (Å²) >= 11 is 0. The molecule has 1 saturated carbocycles. The van der Waals surface area contributed by atoms with Crippen LogP contribution in [0, 0.1) is 11.3 Å². The predicted molar refractivity (Wildman–Crippen MR) is 38.3 cm³/mol. The third-order valence-electron chi connectivity index (χ3n) is 2.95. The molecule has 1 aliphatic heterocycles. The minimum absolute atomic E-state index is 0.777. The molecule has 1 atom stereocenters. The maximum Gasteiger partial charge on any atom is 0.00203 e. The van der Waals surface area contributed by atoms with Gasteiger partial charge in [0.1, 0.15) is 0 Å². The van der Waals surface area contributed by atoms with E-state index in [1.165, 1.54) is 32.4 Å². The molecule has 1 heterocycles. The van der Waals surface area contributed by atoms with Crippen LogP contribution in [0.2, 0.25) is 0 Å². The molecule has 0 aromatic rings. The van der Waals surface area contributed by atoms with Gasteiger partial charge < -0.3 is 5.32 Å². The Morgan fingerprint density at radius 2 is 2.22 bits per heavy atom. The van der Waals surface area contributed by atoms with Gasteiger partial charge in [0.2, 0.25) is 0 Å². The van der Waals surface area contributed by atoms with Crippen LogP contribution in [0.15, 0.2) is 0 Å². The highest BCUT2D eigenvalue weighted by Crippen LogP contribution is 2.43. The van der Waals surface area contributed by atoms with Gasteiger partial charge >= 0.3 is 0 Å². The molecule has 1 aliphatic carbocycles. The SMILES string of the molecule is CC1CCC2(CNC2)C1. The Labute approximate surface area is 56.8 Å². The fourth-order valence-electron chi connectivity index (χ4n) is 2.30. The molecule has 0 aromatic carbocycles. The topological polar surface area (TPSA) is 12.0 Å². The Bertz CT molecular complexity index is 116. The number of nitrogens with one attached hydrogen (secondary N) is 1. The summed E-state index contributed by atoms with van der Waals surface area (Å²) in [5.74, 6) is 1.01. The molecule has 2 rings (SSSR count). The van der Waals surface area contributed by atoms with Crippen LogP contribution in [-0.2, 0) is 0 Å². The van der Waals surface area contributed by atoms with E-state index in [-0.39, 0.29) is 0 Å². The van der Waals surface area contributed by atoms with Crippen LogP contribution in [-0.4, -0.2) is 13.1 Å². The summed E-state index contributed by atoms with van der Waals surface area (Å²) in [5.41, 5.74) is 0.777. The van der Waals surface area contributed by atoms with Gasteiger partial charge in [-0.3, -0.25) is 0 Å². The highest BCUT2D eigenvalue weighted by molar-refractivity contribution is 4.97. The van der Waals surface area contributed by atoms with Gasteiger partial charge in [0.05, 0.1) is 0 Å². The zero-order valence-electron chi connectivity index (χ0n) is 6.11. The maximum absolute atomic E-state index is 3.36. The Morgan fingerprint density at radius 1 is 1.44 bits per heavy atom. The van der Waals surface area contributed by atoms with Gasteiger partial charge in [-0.25, -0.2) is 0 Å². The normalized spacial score (nSPS) is 39.0. The molecule has 52 valence electrons. The maximum atomic E-state index is 3.36. The summed E-state index contributed by atoms with van der Waals surface area (Å²) in [7, 11) is 0. The third kappa shape index (κ3) is 0.787. The molecule has 0 aromatic heterocycles. The van der Waals surface area contributed by atoms with E-state index in [0.717, 1.165) is 11.3 Å². The summed E-state index contributed by atoms with van der Waals surface area (Å²) in [4.78, 5) is 0. The molecule has 9 heavy (non-hydrogen) atoms. The highest BCUT2D eigenvalue weighted by atomic mass is 15.0. The second-order valence-corrected chi connectivity index (χ2v) is 3.95. The second-order valence-electron chi connectivity index (χ2n) is 3.95. The van der Waals surface area contributed by atoms with Crippen LogP contribution in [0.3, 0.4) is 0 Å². The molecule has 0 amide bonds. The van der Waals surface area contributed by atoms with Crippen molar-refractivity contribution in [3.63, 3.8) is 0 Å². The first-order valence-corrected chi connectivity index (χ1v) is 4.02. The van der Waals surface area contributed by atoms with E-state index < -0.39 is 0 Å². The summed E-state index contributed by atoms with van der Waals surface area (Å²) in [5, 5.41) is 3.36. The molecule has 0 radical (unpaired) electrons. The zero-order chi connectivity index (χ0) is 6.32. The van der Waals surface area contributed by atoms with Gasteiger partial charge in [0.15, 0.2) is 0 Å². The minimum atomic E-state index is 0.777. The molecule has 2 aliphatic rings. The van der Waals surface area contributed by atoms with Gasteiger partial charge in [-0.15, -0.1) is 0 Å². The Morgan fingerprint density at radius 3 is 2.44 bits per heavy atom. The molecule has 1 spiro atoms. The van der Waals surface area contributed by atoms with E-state index in [1.807, 2.05) is 0 Å². The molecular formula is C8H15N. The van der Waals surface area contributed by atoms with E-state index >= 15 is 0 Å². The molecule has 1 saturated heterocycles. The van der Waals surface area contributed by atoms with Gasteiger partial charge in [-0.2, -0.15) is 0 Å². The third-order valence-corrected chi connectivity index (χ3v) is 2.95. The van der Waals surface area contributed by atoms with Crippen LogP contribution in [0.25, 0.3) is 0 Å². The van der Waals surface area contributed by atoms with Crippen LogP contribution >= 0.6 is 0 Å². The largest absolute Gasteiger partial charge is 0.316 e. The van der Waals surface area contributed by atoms with Crippen LogP contribution in [0.5, 0.6) is 0 Å². The van der Waals surface area contributed by atoms with E-state index in [0.29, 0.717) is 0 Å². The molecular weight excluding hydrogens is 110 g/mol. The quantitative estimate of drug-likeness (QED) is 0.516. The standard InChI is InChI=1S/C8H15N/c1-7-2-3-8(4-7)5-9-6-8/h7,9H,2-6H2,1H3. The van der Waals surface area contributed by atoms with Crippen molar-refractivity contribution in [2.24, 2.45) is 11.3 Å². The van der Waals surface area contributed by atoms with Crippen molar-refractivity contribution in [3.8, 4) is 0 Å². The lowest BCUT2D eigenvalue weighted by Crippen LogP contribution is -2.51. The molecule has 0 bridgehead atoms. The first-order chi connectivity index (χ1) is 4.31. The fraction of sp³-hybridized carbons (Fsp3) is 1.00.